The molecule has 14 heavy (non-hydrogen) atoms. The first-order valence-electron chi connectivity index (χ1n) is 4.82. The molecule has 0 saturated heterocycles. The molecule has 3 heteroatoms. The molecule has 0 aromatic heterocycles. The fourth-order valence-corrected chi connectivity index (χ4v) is 1.24. The highest BCUT2D eigenvalue weighted by Gasteiger charge is 2.02. The van der Waals surface area contributed by atoms with E-state index < -0.39 is 0 Å². The van der Waals surface area contributed by atoms with Gasteiger partial charge in [-0.15, -0.1) is 0 Å². The Bertz CT molecular complexity index is 286. The Kier molecular flexibility index (Phi) is 3.89. The summed E-state index contributed by atoms with van der Waals surface area (Å²) in [5.41, 5.74) is 6.54. The topological polar surface area (TPSA) is 29.3 Å². The van der Waals surface area contributed by atoms with Gasteiger partial charge in [0, 0.05) is 25.3 Å². The number of benzene rings is 1. The summed E-state index contributed by atoms with van der Waals surface area (Å²) in [7, 11) is 1.94. The Balaban J connectivity index is 2.56. The summed E-state index contributed by atoms with van der Waals surface area (Å²) >= 11 is 0. The van der Waals surface area contributed by atoms with E-state index in [1.807, 2.05) is 24.9 Å². The van der Waals surface area contributed by atoms with Gasteiger partial charge in [0.2, 0.25) is 0 Å². The molecule has 0 amide bonds. The fourth-order valence-electron chi connectivity index (χ4n) is 1.24. The van der Waals surface area contributed by atoms with Crippen LogP contribution in [-0.4, -0.2) is 19.6 Å². The smallest absolute Gasteiger partial charge is 0.125 e. The Morgan fingerprint density at radius 1 is 1.50 bits per heavy atom. The Morgan fingerprint density at radius 3 is 2.79 bits per heavy atom. The Morgan fingerprint density at radius 2 is 2.21 bits per heavy atom. The number of halogens is 1. The molecule has 0 aliphatic carbocycles. The maximum absolute atomic E-state index is 12.9. The summed E-state index contributed by atoms with van der Waals surface area (Å²) in [5, 5.41) is 0. The van der Waals surface area contributed by atoms with Gasteiger partial charge in [-0.05, 0) is 31.5 Å². The first-order chi connectivity index (χ1) is 6.59. The van der Waals surface area contributed by atoms with Crippen molar-refractivity contribution in [3.05, 3.63) is 30.1 Å². The third-order valence-electron chi connectivity index (χ3n) is 2.17. The van der Waals surface area contributed by atoms with Gasteiger partial charge in [-0.25, -0.2) is 4.39 Å². The van der Waals surface area contributed by atoms with Crippen molar-refractivity contribution in [2.45, 2.75) is 19.4 Å². The lowest BCUT2D eigenvalue weighted by molar-refractivity contribution is 0.625. The predicted octanol–water partition coefficient (Wildman–Crippen LogP) is 2.00. The van der Waals surface area contributed by atoms with Crippen LogP contribution in [0.3, 0.4) is 0 Å². The van der Waals surface area contributed by atoms with Crippen LogP contribution >= 0.6 is 0 Å². The van der Waals surface area contributed by atoms with E-state index in [-0.39, 0.29) is 11.9 Å². The van der Waals surface area contributed by atoms with Crippen molar-refractivity contribution in [3.8, 4) is 0 Å². The molecule has 1 aromatic rings. The molecule has 0 bridgehead atoms. The van der Waals surface area contributed by atoms with Crippen LogP contribution < -0.4 is 10.6 Å². The van der Waals surface area contributed by atoms with Crippen LogP contribution in [0.4, 0.5) is 10.1 Å². The van der Waals surface area contributed by atoms with Crippen molar-refractivity contribution in [2.75, 3.05) is 18.5 Å². The summed E-state index contributed by atoms with van der Waals surface area (Å²) in [6.07, 6.45) is 0.910. The van der Waals surface area contributed by atoms with Crippen LogP contribution in [0.15, 0.2) is 24.3 Å². The van der Waals surface area contributed by atoms with E-state index >= 15 is 0 Å². The van der Waals surface area contributed by atoms with Crippen LogP contribution in [0.2, 0.25) is 0 Å². The highest BCUT2D eigenvalue weighted by molar-refractivity contribution is 5.45. The zero-order valence-corrected chi connectivity index (χ0v) is 8.70. The van der Waals surface area contributed by atoms with E-state index in [9.17, 15) is 4.39 Å². The van der Waals surface area contributed by atoms with E-state index in [0.29, 0.717) is 0 Å². The monoisotopic (exact) mass is 196 g/mol. The third kappa shape index (κ3) is 3.34. The van der Waals surface area contributed by atoms with Crippen LogP contribution in [0.5, 0.6) is 0 Å². The quantitative estimate of drug-likeness (QED) is 0.798. The largest absolute Gasteiger partial charge is 0.374 e. The molecule has 0 aliphatic heterocycles. The van der Waals surface area contributed by atoms with Crippen molar-refractivity contribution >= 4 is 5.69 Å². The van der Waals surface area contributed by atoms with E-state index in [2.05, 4.69) is 0 Å². The number of nitrogens with two attached hydrogens (primary N) is 1. The fraction of sp³-hybridized carbons (Fsp3) is 0.455. The van der Waals surface area contributed by atoms with Gasteiger partial charge in [-0.1, -0.05) is 6.07 Å². The summed E-state index contributed by atoms with van der Waals surface area (Å²) in [5.74, 6) is -0.199. The molecular formula is C11H17FN2. The van der Waals surface area contributed by atoms with Gasteiger partial charge in [-0.2, -0.15) is 0 Å². The molecule has 1 aromatic carbocycles. The second kappa shape index (κ2) is 4.96. The van der Waals surface area contributed by atoms with Gasteiger partial charge in [0.05, 0.1) is 0 Å². The van der Waals surface area contributed by atoms with E-state index in [0.717, 1.165) is 18.7 Å². The molecule has 1 unspecified atom stereocenters. The van der Waals surface area contributed by atoms with Gasteiger partial charge in [0.1, 0.15) is 5.82 Å². The number of anilines is 1. The van der Waals surface area contributed by atoms with Gasteiger partial charge < -0.3 is 10.6 Å². The molecule has 0 fully saturated rings. The molecule has 1 rings (SSSR count). The molecule has 0 heterocycles. The third-order valence-corrected chi connectivity index (χ3v) is 2.17. The van der Waals surface area contributed by atoms with Gasteiger partial charge in [0.25, 0.3) is 0 Å². The van der Waals surface area contributed by atoms with Crippen molar-refractivity contribution in [3.63, 3.8) is 0 Å². The molecule has 0 spiro atoms. The van der Waals surface area contributed by atoms with Crippen LogP contribution in [0.25, 0.3) is 0 Å². The zero-order chi connectivity index (χ0) is 10.6. The summed E-state index contributed by atoms with van der Waals surface area (Å²) in [4.78, 5) is 2.01. The SMILES string of the molecule is CC(N)CCN(C)c1cccc(F)c1. The number of nitrogens with zero attached hydrogens (tertiary/aromatic N) is 1. The first kappa shape index (κ1) is 11.0. The molecule has 2 nitrogen and oxygen atoms in total. The average Bonchev–Trinajstić information content (AvgIpc) is 2.14. The molecule has 78 valence electrons. The first-order valence-corrected chi connectivity index (χ1v) is 4.82. The minimum absolute atomic E-state index is 0.186. The number of hydrogen-bond acceptors (Lipinski definition) is 2. The van der Waals surface area contributed by atoms with Crippen molar-refractivity contribution < 1.29 is 4.39 Å². The number of hydrogen-bond donors (Lipinski definition) is 1. The molecule has 2 N–H and O–H groups in total. The van der Waals surface area contributed by atoms with Gasteiger partial charge >= 0.3 is 0 Å². The van der Waals surface area contributed by atoms with Crippen LogP contribution in [0.1, 0.15) is 13.3 Å². The average molecular weight is 196 g/mol. The maximum atomic E-state index is 12.9. The van der Waals surface area contributed by atoms with Crippen molar-refractivity contribution in [1.29, 1.82) is 0 Å². The summed E-state index contributed by atoms with van der Waals surface area (Å²) in [6, 6.07) is 6.77. The van der Waals surface area contributed by atoms with Crippen LogP contribution in [-0.2, 0) is 0 Å². The second-order valence-electron chi connectivity index (χ2n) is 3.67. The van der Waals surface area contributed by atoms with Crippen molar-refractivity contribution in [1.82, 2.24) is 0 Å². The number of rotatable bonds is 4. The lowest BCUT2D eigenvalue weighted by atomic mass is 10.2. The lowest BCUT2D eigenvalue weighted by Crippen LogP contribution is -2.25. The molecule has 0 saturated carbocycles. The van der Waals surface area contributed by atoms with E-state index in [1.165, 1.54) is 12.1 Å². The lowest BCUT2D eigenvalue weighted by Gasteiger charge is -2.20. The van der Waals surface area contributed by atoms with E-state index in [4.69, 9.17) is 5.73 Å². The highest BCUT2D eigenvalue weighted by Crippen LogP contribution is 2.13. The molecule has 0 aliphatic rings. The maximum Gasteiger partial charge on any atom is 0.125 e. The normalized spacial score (nSPS) is 12.6. The minimum atomic E-state index is -0.199. The highest BCUT2D eigenvalue weighted by atomic mass is 19.1. The van der Waals surface area contributed by atoms with Crippen molar-refractivity contribution in [2.24, 2.45) is 5.73 Å². The zero-order valence-electron chi connectivity index (χ0n) is 8.70. The summed E-state index contributed by atoms with van der Waals surface area (Å²) in [6.45, 7) is 2.82. The predicted molar refractivity (Wildman–Crippen MR) is 57.9 cm³/mol. The Labute approximate surface area is 84.5 Å². The molecule has 0 radical (unpaired) electrons. The Hall–Kier alpha value is -1.09. The second-order valence-corrected chi connectivity index (χ2v) is 3.67. The van der Waals surface area contributed by atoms with Gasteiger partial charge in [0.15, 0.2) is 0 Å². The standard InChI is InChI=1S/C11H17FN2/c1-9(13)6-7-14(2)11-5-3-4-10(12)8-11/h3-5,8-9H,6-7,13H2,1-2H3. The minimum Gasteiger partial charge on any atom is -0.374 e. The summed E-state index contributed by atoms with van der Waals surface area (Å²) < 4.78 is 12.9. The van der Waals surface area contributed by atoms with E-state index in [1.54, 1.807) is 6.07 Å². The van der Waals surface area contributed by atoms with Gasteiger partial charge in [-0.3, -0.25) is 0 Å². The molecular weight excluding hydrogens is 179 g/mol. The van der Waals surface area contributed by atoms with Crippen LogP contribution in [0, 0.1) is 5.82 Å². The molecule has 1 atom stereocenters.